The van der Waals surface area contributed by atoms with Gasteiger partial charge in [-0.1, -0.05) is 26.7 Å². The molecule has 2 N–H and O–H groups in total. The second kappa shape index (κ2) is 7.02. The van der Waals surface area contributed by atoms with Crippen LogP contribution in [0.15, 0.2) is 36.4 Å². The number of aromatic hydroxyl groups is 2. The van der Waals surface area contributed by atoms with Crippen LogP contribution in [0.5, 0.6) is 23.0 Å². The first-order valence-electron chi connectivity index (χ1n) is 7.45. The molecule has 0 saturated carbocycles. The molecule has 0 fully saturated rings. The van der Waals surface area contributed by atoms with Gasteiger partial charge in [0, 0.05) is 0 Å². The molecule has 0 aliphatic rings. The van der Waals surface area contributed by atoms with Gasteiger partial charge in [0.05, 0.1) is 0 Å². The molecule has 0 aliphatic carbocycles. The number of hydrogen-bond donors (Lipinski definition) is 2. The first-order valence-corrected chi connectivity index (χ1v) is 7.45. The maximum absolute atomic E-state index is 9.79. The molecule has 0 bridgehead atoms. The van der Waals surface area contributed by atoms with Gasteiger partial charge >= 0.3 is 0 Å². The molecule has 3 nitrogen and oxygen atoms in total. The lowest BCUT2D eigenvalue weighted by atomic mass is 10.1. The van der Waals surface area contributed by atoms with Gasteiger partial charge in [-0.05, 0) is 60.4 Å². The summed E-state index contributed by atoms with van der Waals surface area (Å²) < 4.78 is 5.84. The van der Waals surface area contributed by atoms with Gasteiger partial charge in [-0.25, -0.2) is 0 Å². The van der Waals surface area contributed by atoms with Crippen molar-refractivity contribution < 1.29 is 14.9 Å². The lowest BCUT2D eigenvalue weighted by Gasteiger charge is -2.11. The number of phenolic OH excluding ortho intramolecular Hbond substituents is 2. The number of phenols is 2. The first-order chi connectivity index (χ1) is 10.1. The molecule has 2 aromatic carbocycles. The van der Waals surface area contributed by atoms with Gasteiger partial charge in [0.25, 0.3) is 0 Å². The lowest BCUT2D eigenvalue weighted by molar-refractivity contribution is 0.451. The molecular weight excluding hydrogens is 264 g/mol. The van der Waals surface area contributed by atoms with E-state index in [1.165, 1.54) is 0 Å². The fourth-order valence-corrected chi connectivity index (χ4v) is 2.33. The number of aryl methyl sites for hydroxylation is 2. The van der Waals surface area contributed by atoms with E-state index in [9.17, 15) is 10.2 Å². The smallest absolute Gasteiger partial charge is 0.127 e. The molecule has 2 aromatic rings. The van der Waals surface area contributed by atoms with E-state index in [4.69, 9.17) is 4.74 Å². The second-order valence-electron chi connectivity index (χ2n) is 5.18. The van der Waals surface area contributed by atoms with Crippen molar-refractivity contribution in [3.8, 4) is 23.0 Å². The first kappa shape index (κ1) is 15.2. The van der Waals surface area contributed by atoms with E-state index in [-0.39, 0.29) is 0 Å². The Bertz CT molecular complexity index is 552. The van der Waals surface area contributed by atoms with E-state index in [1.54, 1.807) is 24.3 Å². The van der Waals surface area contributed by atoms with Crippen molar-refractivity contribution in [2.24, 2.45) is 0 Å². The average Bonchev–Trinajstić information content (AvgIpc) is 2.47. The summed E-state index contributed by atoms with van der Waals surface area (Å²) in [6, 6.07) is 10.6. The third-order valence-corrected chi connectivity index (χ3v) is 3.38. The Labute approximate surface area is 125 Å². The number of rotatable bonds is 6. The molecule has 0 heterocycles. The summed E-state index contributed by atoms with van der Waals surface area (Å²) >= 11 is 0. The van der Waals surface area contributed by atoms with Gasteiger partial charge in [0.15, 0.2) is 0 Å². The monoisotopic (exact) mass is 286 g/mol. The quantitative estimate of drug-likeness (QED) is 0.802. The van der Waals surface area contributed by atoms with E-state index in [0.717, 1.165) is 36.8 Å². The third kappa shape index (κ3) is 3.91. The summed E-state index contributed by atoms with van der Waals surface area (Å²) in [4.78, 5) is 0. The van der Waals surface area contributed by atoms with Crippen molar-refractivity contribution in [2.75, 3.05) is 0 Å². The average molecular weight is 286 g/mol. The third-order valence-electron chi connectivity index (χ3n) is 3.38. The second-order valence-corrected chi connectivity index (χ2v) is 5.18. The molecule has 2 rings (SSSR count). The molecule has 0 spiro atoms. The molecule has 0 aromatic heterocycles. The molecule has 0 radical (unpaired) electrons. The van der Waals surface area contributed by atoms with Gasteiger partial charge < -0.3 is 14.9 Å². The minimum Gasteiger partial charge on any atom is -0.508 e. The fraction of sp³-hybridized carbons (Fsp3) is 0.333. The number of ether oxygens (including phenoxy) is 1. The fourth-order valence-electron chi connectivity index (χ4n) is 2.33. The van der Waals surface area contributed by atoms with Crippen LogP contribution in [0.2, 0.25) is 0 Å². The molecular formula is C18H22O3. The van der Waals surface area contributed by atoms with Gasteiger partial charge in [-0.15, -0.1) is 0 Å². The Hall–Kier alpha value is -2.16. The molecule has 0 aliphatic heterocycles. The number of benzene rings is 2. The van der Waals surface area contributed by atoms with Crippen LogP contribution < -0.4 is 4.74 Å². The summed E-state index contributed by atoms with van der Waals surface area (Å²) in [7, 11) is 0. The predicted molar refractivity (Wildman–Crippen MR) is 84.3 cm³/mol. The maximum atomic E-state index is 9.79. The molecule has 112 valence electrons. The minimum atomic E-state index is 0.307. The molecule has 3 heteroatoms. The predicted octanol–water partition coefficient (Wildman–Crippen LogP) is 4.80. The zero-order valence-corrected chi connectivity index (χ0v) is 12.6. The van der Waals surface area contributed by atoms with Crippen LogP contribution >= 0.6 is 0 Å². The van der Waals surface area contributed by atoms with Crippen LogP contribution in [0.3, 0.4) is 0 Å². The molecule has 0 atom stereocenters. The van der Waals surface area contributed by atoms with Crippen LogP contribution in [-0.4, -0.2) is 10.2 Å². The van der Waals surface area contributed by atoms with E-state index in [1.807, 2.05) is 12.1 Å². The SMILES string of the molecule is CCCc1cc(Oc2ccc(O)c(CCC)c2)ccc1O. The van der Waals surface area contributed by atoms with Crippen LogP contribution in [0, 0.1) is 0 Å². The molecule has 21 heavy (non-hydrogen) atoms. The van der Waals surface area contributed by atoms with E-state index in [2.05, 4.69) is 13.8 Å². The number of hydrogen-bond acceptors (Lipinski definition) is 3. The Balaban J connectivity index is 2.21. The summed E-state index contributed by atoms with van der Waals surface area (Å²) in [5, 5.41) is 19.6. The topological polar surface area (TPSA) is 49.7 Å². The standard InChI is InChI=1S/C18H22O3/c1-3-5-13-11-15(7-9-17(13)19)21-16-8-10-18(20)14(12-16)6-4-2/h7-12,19-20H,3-6H2,1-2H3. The van der Waals surface area contributed by atoms with Gasteiger partial charge in [-0.3, -0.25) is 0 Å². The summed E-state index contributed by atoms with van der Waals surface area (Å²) in [5.41, 5.74) is 1.78. The molecule has 0 saturated heterocycles. The highest BCUT2D eigenvalue weighted by Crippen LogP contribution is 2.30. The highest BCUT2D eigenvalue weighted by Gasteiger charge is 2.06. The highest BCUT2D eigenvalue weighted by molar-refractivity contribution is 5.44. The Morgan fingerprint density at radius 3 is 1.57 bits per heavy atom. The minimum absolute atomic E-state index is 0.307. The summed E-state index contributed by atoms with van der Waals surface area (Å²) in [6.07, 6.45) is 3.58. The van der Waals surface area contributed by atoms with Crippen LogP contribution in [-0.2, 0) is 12.8 Å². The van der Waals surface area contributed by atoms with Crippen molar-refractivity contribution in [3.63, 3.8) is 0 Å². The lowest BCUT2D eigenvalue weighted by Crippen LogP contribution is -1.90. The van der Waals surface area contributed by atoms with Crippen LogP contribution in [0.25, 0.3) is 0 Å². The van der Waals surface area contributed by atoms with Crippen molar-refractivity contribution in [1.82, 2.24) is 0 Å². The van der Waals surface area contributed by atoms with Crippen molar-refractivity contribution >= 4 is 0 Å². The van der Waals surface area contributed by atoms with Crippen molar-refractivity contribution in [1.29, 1.82) is 0 Å². The van der Waals surface area contributed by atoms with Crippen molar-refractivity contribution in [2.45, 2.75) is 39.5 Å². The molecule has 0 unspecified atom stereocenters. The Morgan fingerprint density at radius 2 is 1.19 bits per heavy atom. The van der Waals surface area contributed by atoms with Crippen molar-refractivity contribution in [3.05, 3.63) is 47.5 Å². The van der Waals surface area contributed by atoms with Crippen LogP contribution in [0.4, 0.5) is 0 Å². The van der Waals surface area contributed by atoms with E-state index >= 15 is 0 Å². The highest BCUT2D eigenvalue weighted by atomic mass is 16.5. The molecule has 0 amide bonds. The van der Waals surface area contributed by atoms with E-state index < -0.39 is 0 Å². The zero-order valence-electron chi connectivity index (χ0n) is 12.6. The van der Waals surface area contributed by atoms with Gasteiger partial charge in [-0.2, -0.15) is 0 Å². The van der Waals surface area contributed by atoms with Gasteiger partial charge in [0.2, 0.25) is 0 Å². The Kier molecular flexibility index (Phi) is 5.09. The maximum Gasteiger partial charge on any atom is 0.127 e. The normalized spacial score (nSPS) is 10.6. The van der Waals surface area contributed by atoms with Gasteiger partial charge in [0.1, 0.15) is 23.0 Å². The summed E-state index contributed by atoms with van der Waals surface area (Å²) in [5.74, 6) is 2.01. The summed E-state index contributed by atoms with van der Waals surface area (Å²) in [6.45, 7) is 4.15. The Morgan fingerprint density at radius 1 is 0.762 bits per heavy atom. The van der Waals surface area contributed by atoms with Crippen LogP contribution in [0.1, 0.15) is 37.8 Å². The largest absolute Gasteiger partial charge is 0.508 e. The zero-order chi connectivity index (χ0) is 15.2. The van der Waals surface area contributed by atoms with E-state index in [0.29, 0.717) is 23.0 Å².